The molecule has 2 heterocycles. The van der Waals surface area contributed by atoms with E-state index in [1.165, 1.54) is 27.8 Å². The molecule has 2 nitrogen and oxygen atoms in total. The summed E-state index contributed by atoms with van der Waals surface area (Å²) in [6.45, 7) is 12.3. The summed E-state index contributed by atoms with van der Waals surface area (Å²) in [5, 5.41) is 0. The molecule has 1 aromatic carbocycles. The van der Waals surface area contributed by atoms with Crippen molar-refractivity contribution in [3.63, 3.8) is 0 Å². The van der Waals surface area contributed by atoms with Gasteiger partial charge in [-0.05, 0) is 50.5 Å². The zero-order chi connectivity index (χ0) is 18.0. The van der Waals surface area contributed by atoms with Gasteiger partial charge in [0.25, 0.3) is 0 Å². The Hall–Kier alpha value is -2.48. The molecular formula is C23H26O2. The van der Waals surface area contributed by atoms with Crippen molar-refractivity contribution in [2.24, 2.45) is 0 Å². The van der Waals surface area contributed by atoms with Crippen LogP contribution in [0.1, 0.15) is 45.2 Å². The van der Waals surface area contributed by atoms with Crippen LogP contribution in [0.25, 0.3) is 0 Å². The molecule has 0 radical (unpaired) electrons. The molecule has 0 atom stereocenters. The highest BCUT2D eigenvalue weighted by molar-refractivity contribution is 5.60. The minimum Gasteiger partial charge on any atom is -0.453 e. The van der Waals surface area contributed by atoms with E-state index in [0.717, 1.165) is 42.3 Å². The van der Waals surface area contributed by atoms with Crippen molar-refractivity contribution >= 4 is 0 Å². The molecule has 2 heteroatoms. The van der Waals surface area contributed by atoms with Crippen molar-refractivity contribution in [3.8, 4) is 11.5 Å². The zero-order valence-electron chi connectivity index (χ0n) is 15.6. The van der Waals surface area contributed by atoms with E-state index in [-0.39, 0.29) is 0 Å². The van der Waals surface area contributed by atoms with E-state index in [9.17, 15) is 0 Å². The molecule has 0 spiro atoms. The van der Waals surface area contributed by atoms with Crippen molar-refractivity contribution in [1.29, 1.82) is 0 Å². The summed E-state index contributed by atoms with van der Waals surface area (Å²) >= 11 is 0. The number of fused-ring (bicyclic) bond motifs is 3. The molecule has 2 aliphatic rings. The van der Waals surface area contributed by atoms with Gasteiger partial charge < -0.3 is 9.47 Å². The topological polar surface area (TPSA) is 18.5 Å². The van der Waals surface area contributed by atoms with E-state index in [4.69, 9.17) is 9.47 Å². The maximum absolute atomic E-state index is 6.34. The summed E-state index contributed by atoms with van der Waals surface area (Å²) in [7, 11) is 0. The van der Waals surface area contributed by atoms with E-state index in [0.29, 0.717) is 0 Å². The van der Waals surface area contributed by atoms with E-state index >= 15 is 0 Å². The van der Waals surface area contributed by atoms with E-state index in [2.05, 4.69) is 57.7 Å². The number of ether oxygens (including phenoxy) is 2. The molecule has 0 amide bonds. The number of allylic oxidation sites excluding steroid dienone is 7. The Labute approximate surface area is 150 Å². The highest BCUT2D eigenvalue weighted by Gasteiger charge is 2.27. The van der Waals surface area contributed by atoms with Crippen LogP contribution in [0.5, 0.6) is 11.5 Å². The standard InChI is InChI=1S/C23H26O2/c1-6-9-17-14-19-11-10-18-13-16(7-2)20(8-3)24-22(18)23(19)25-21(17)12-15(4)5/h6,8-12H,3,7,13-14H2,1-2,4-5H3/b9-6-. The minimum absolute atomic E-state index is 0.850. The Bertz CT molecular complexity index is 828. The smallest absolute Gasteiger partial charge is 0.173 e. The van der Waals surface area contributed by atoms with Gasteiger partial charge in [0.1, 0.15) is 11.5 Å². The average Bonchev–Trinajstić information content (AvgIpc) is 2.60. The molecule has 0 bridgehead atoms. The largest absolute Gasteiger partial charge is 0.453 e. The van der Waals surface area contributed by atoms with E-state index in [1.54, 1.807) is 0 Å². The predicted octanol–water partition coefficient (Wildman–Crippen LogP) is 6.20. The monoisotopic (exact) mass is 334 g/mol. The molecule has 3 rings (SSSR count). The zero-order valence-corrected chi connectivity index (χ0v) is 15.6. The third kappa shape index (κ3) is 3.34. The second-order valence-electron chi connectivity index (χ2n) is 6.74. The van der Waals surface area contributed by atoms with Crippen molar-refractivity contribution in [2.75, 3.05) is 0 Å². The summed E-state index contributed by atoms with van der Waals surface area (Å²) < 4.78 is 12.5. The average molecular weight is 334 g/mol. The summed E-state index contributed by atoms with van der Waals surface area (Å²) in [4.78, 5) is 0. The number of rotatable bonds is 4. The summed E-state index contributed by atoms with van der Waals surface area (Å²) in [5.74, 6) is 3.49. The predicted molar refractivity (Wildman–Crippen MR) is 104 cm³/mol. The van der Waals surface area contributed by atoms with E-state index < -0.39 is 0 Å². The Balaban J connectivity index is 2.07. The van der Waals surface area contributed by atoms with Crippen LogP contribution in [0.15, 0.2) is 71.3 Å². The van der Waals surface area contributed by atoms with Crippen LogP contribution in [0.3, 0.4) is 0 Å². The number of hydrogen-bond donors (Lipinski definition) is 0. The third-order valence-electron chi connectivity index (χ3n) is 4.55. The molecule has 2 aliphatic heterocycles. The first-order valence-corrected chi connectivity index (χ1v) is 8.93. The highest BCUT2D eigenvalue weighted by Crippen LogP contribution is 2.45. The lowest BCUT2D eigenvalue weighted by Crippen LogP contribution is -2.14. The molecule has 25 heavy (non-hydrogen) atoms. The molecule has 0 N–H and O–H groups in total. The molecule has 0 saturated heterocycles. The van der Waals surface area contributed by atoms with Gasteiger partial charge in [0.2, 0.25) is 0 Å². The van der Waals surface area contributed by atoms with Gasteiger partial charge in [0.15, 0.2) is 11.5 Å². The SMILES string of the molecule is C=CC1=C(CC)Cc2ccc3c(c2O1)OC(C=C(C)C)=C(/C=C\C)C3. The number of hydrogen-bond acceptors (Lipinski definition) is 2. The fourth-order valence-corrected chi connectivity index (χ4v) is 3.33. The van der Waals surface area contributed by atoms with Crippen molar-refractivity contribution in [2.45, 2.75) is 47.0 Å². The first kappa shape index (κ1) is 17.3. The lowest BCUT2D eigenvalue weighted by atomic mass is 9.93. The van der Waals surface area contributed by atoms with Crippen LogP contribution in [0.4, 0.5) is 0 Å². The molecule has 0 fully saturated rings. The van der Waals surface area contributed by atoms with Crippen LogP contribution in [-0.2, 0) is 12.8 Å². The molecule has 1 aromatic rings. The fourth-order valence-electron chi connectivity index (χ4n) is 3.33. The molecule has 0 saturated carbocycles. The van der Waals surface area contributed by atoms with Crippen molar-refractivity contribution < 1.29 is 9.47 Å². The van der Waals surface area contributed by atoms with Crippen LogP contribution >= 0.6 is 0 Å². The Morgan fingerprint density at radius 3 is 2.28 bits per heavy atom. The van der Waals surface area contributed by atoms with Gasteiger partial charge in [-0.3, -0.25) is 0 Å². The molecule has 0 unspecified atom stereocenters. The fraction of sp³-hybridized carbons (Fsp3) is 0.304. The third-order valence-corrected chi connectivity index (χ3v) is 4.55. The first-order chi connectivity index (χ1) is 12.1. The summed E-state index contributed by atoms with van der Waals surface area (Å²) in [6.07, 6.45) is 10.8. The van der Waals surface area contributed by atoms with Gasteiger partial charge in [-0.25, -0.2) is 0 Å². The van der Waals surface area contributed by atoms with Gasteiger partial charge >= 0.3 is 0 Å². The lowest BCUT2D eigenvalue weighted by molar-refractivity contribution is 0.358. The van der Waals surface area contributed by atoms with Crippen molar-refractivity contribution in [3.05, 3.63) is 82.4 Å². The summed E-state index contributed by atoms with van der Waals surface area (Å²) in [5.41, 5.74) is 6.05. The van der Waals surface area contributed by atoms with Gasteiger partial charge in [-0.15, -0.1) is 0 Å². The van der Waals surface area contributed by atoms with Crippen LogP contribution in [0, 0.1) is 0 Å². The Morgan fingerprint density at radius 2 is 1.72 bits per heavy atom. The lowest BCUT2D eigenvalue weighted by Gasteiger charge is -2.28. The minimum atomic E-state index is 0.850. The Morgan fingerprint density at radius 1 is 1.08 bits per heavy atom. The van der Waals surface area contributed by atoms with Crippen molar-refractivity contribution in [1.82, 2.24) is 0 Å². The quantitative estimate of drug-likeness (QED) is 0.652. The van der Waals surface area contributed by atoms with Crippen LogP contribution in [-0.4, -0.2) is 0 Å². The molecule has 130 valence electrons. The molecule has 0 aliphatic carbocycles. The second kappa shape index (κ2) is 7.18. The maximum Gasteiger partial charge on any atom is 0.173 e. The van der Waals surface area contributed by atoms with E-state index in [1.807, 2.05) is 13.0 Å². The second-order valence-corrected chi connectivity index (χ2v) is 6.74. The number of benzene rings is 1. The molecular weight excluding hydrogens is 308 g/mol. The highest BCUT2D eigenvalue weighted by atomic mass is 16.5. The van der Waals surface area contributed by atoms with Crippen LogP contribution < -0.4 is 9.47 Å². The Kier molecular flexibility index (Phi) is 4.98. The van der Waals surface area contributed by atoms with Gasteiger partial charge in [-0.1, -0.05) is 43.4 Å². The molecule has 0 aromatic heterocycles. The maximum atomic E-state index is 6.34. The van der Waals surface area contributed by atoms with Gasteiger partial charge in [0.05, 0.1) is 0 Å². The van der Waals surface area contributed by atoms with Crippen LogP contribution in [0.2, 0.25) is 0 Å². The van der Waals surface area contributed by atoms with Gasteiger partial charge in [0, 0.05) is 24.0 Å². The normalized spacial score (nSPS) is 16.2. The van der Waals surface area contributed by atoms with Gasteiger partial charge in [-0.2, -0.15) is 0 Å². The summed E-state index contributed by atoms with van der Waals surface area (Å²) in [6, 6.07) is 4.35. The first-order valence-electron chi connectivity index (χ1n) is 8.93.